The first-order valence-electron chi connectivity index (χ1n) is 11.3. The van der Waals surface area contributed by atoms with Crippen molar-refractivity contribution in [3.05, 3.63) is 59.7 Å². The molecule has 2 aromatic carbocycles. The summed E-state index contributed by atoms with van der Waals surface area (Å²) in [6, 6.07) is 14.6. The topological polar surface area (TPSA) is 93.0 Å². The number of rotatable bonds is 9. The van der Waals surface area contributed by atoms with Gasteiger partial charge in [0.25, 0.3) is 5.91 Å². The van der Waals surface area contributed by atoms with Crippen molar-refractivity contribution in [2.75, 3.05) is 11.4 Å². The fourth-order valence-electron chi connectivity index (χ4n) is 3.47. The van der Waals surface area contributed by atoms with E-state index in [4.69, 9.17) is 0 Å². The zero-order valence-electron chi connectivity index (χ0n) is 19.9. The van der Waals surface area contributed by atoms with E-state index in [1.54, 1.807) is 6.92 Å². The lowest BCUT2D eigenvalue weighted by molar-refractivity contribution is -0.126. The number of hydrogen-bond acceptors (Lipinski definition) is 5. The van der Waals surface area contributed by atoms with Crippen molar-refractivity contribution in [3.8, 4) is 11.4 Å². The Hall–Kier alpha value is -3.55. The number of carbonyl (C=O) groups is 2. The maximum atomic E-state index is 13.4. The summed E-state index contributed by atoms with van der Waals surface area (Å²) in [6.45, 7) is 10.3. The molecule has 0 aliphatic heterocycles. The Labute approximate surface area is 195 Å². The lowest BCUT2D eigenvalue weighted by Gasteiger charge is -2.29. The summed E-state index contributed by atoms with van der Waals surface area (Å²) >= 11 is 0. The van der Waals surface area contributed by atoms with Crippen LogP contribution in [0.3, 0.4) is 0 Å². The highest BCUT2D eigenvalue weighted by atomic mass is 16.2. The summed E-state index contributed by atoms with van der Waals surface area (Å²) < 4.78 is 0. The largest absolute Gasteiger partial charge is 0.354 e. The molecule has 1 heterocycles. The minimum Gasteiger partial charge on any atom is -0.354 e. The number of amides is 2. The van der Waals surface area contributed by atoms with Crippen LogP contribution in [0.25, 0.3) is 11.4 Å². The van der Waals surface area contributed by atoms with Crippen LogP contribution in [-0.2, 0) is 16.1 Å². The van der Waals surface area contributed by atoms with Gasteiger partial charge in [-0.2, -0.15) is 4.80 Å². The minimum atomic E-state index is -0.689. The lowest BCUT2D eigenvalue weighted by Crippen LogP contribution is -2.50. The monoisotopic (exact) mass is 448 g/mol. The zero-order chi connectivity index (χ0) is 24.0. The lowest BCUT2D eigenvalue weighted by atomic mass is 10.1. The maximum Gasteiger partial charge on any atom is 0.251 e. The van der Waals surface area contributed by atoms with Crippen LogP contribution in [0.4, 0.5) is 5.69 Å². The third-order valence-electron chi connectivity index (χ3n) is 5.47. The Bertz CT molecular complexity index is 1090. The van der Waals surface area contributed by atoms with E-state index in [9.17, 15) is 9.59 Å². The first-order valence-corrected chi connectivity index (χ1v) is 11.3. The molecule has 3 aromatic rings. The molecule has 33 heavy (non-hydrogen) atoms. The normalized spacial score (nSPS) is 11.9. The van der Waals surface area contributed by atoms with Gasteiger partial charge in [0, 0.05) is 17.8 Å². The molecule has 0 spiro atoms. The van der Waals surface area contributed by atoms with Crippen LogP contribution in [0.5, 0.6) is 0 Å². The van der Waals surface area contributed by atoms with E-state index in [-0.39, 0.29) is 18.4 Å². The van der Waals surface area contributed by atoms with Gasteiger partial charge in [-0.25, -0.2) is 0 Å². The highest BCUT2D eigenvalue weighted by molar-refractivity contribution is 6.00. The predicted molar refractivity (Wildman–Crippen MR) is 129 cm³/mol. The molecule has 8 heteroatoms. The SMILES string of the molecule is Cc1ccc(-c2nnn(CC(=O)N(c3ccccc3C)C(C)C(=O)NCCC(C)C)n2)cc1. The van der Waals surface area contributed by atoms with E-state index in [0.717, 1.165) is 23.1 Å². The molecular weight excluding hydrogens is 416 g/mol. The molecule has 3 rings (SSSR count). The molecule has 1 N–H and O–H groups in total. The summed E-state index contributed by atoms with van der Waals surface area (Å²) in [5.41, 5.74) is 3.55. The first-order chi connectivity index (χ1) is 15.8. The van der Waals surface area contributed by atoms with Gasteiger partial charge in [0.2, 0.25) is 11.7 Å². The van der Waals surface area contributed by atoms with Gasteiger partial charge in [-0.3, -0.25) is 14.5 Å². The number of aromatic nitrogens is 4. The van der Waals surface area contributed by atoms with Crippen molar-refractivity contribution in [1.82, 2.24) is 25.5 Å². The maximum absolute atomic E-state index is 13.4. The van der Waals surface area contributed by atoms with Crippen LogP contribution in [-0.4, -0.2) is 44.6 Å². The van der Waals surface area contributed by atoms with E-state index in [1.807, 2.05) is 62.4 Å². The standard InChI is InChI=1S/C25H32N6O2/c1-17(2)14-15-26-25(33)20(5)31(22-9-7-6-8-19(22)4)23(32)16-30-28-24(27-29-30)21-12-10-18(3)11-13-21/h6-13,17,20H,14-16H2,1-5H3,(H,26,33). The smallest absolute Gasteiger partial charge is 0.251 e. The minimum absolute atomic E-state index is 0.128. The van der Waals surface area contributed by atoms with E-state index >= 15 is 0 Å². The quantitative estimate of drug-likeness (QED) is 0.540. The number of para-hydroxylation sites is 1. The molecule has 0 saturated heterocycles. The molecule has 0 aliphatic carbocycles. The molecule has 1 unspecified atom stereocenters. The number of nitrogens with one attached hydrogen (secondary N) is 1. The Morgan fingerprint density at radius 3 is 2.39 bits per heavy atom. The van der Waals surface area contributed by atoms with E-state index in [1.165, 1.54) is 9.70 Å². The van der Waals surface area contributed by atoms with Gasteiger partial charge in [0.05, 0.1) is 0 Å². The number of carbonyl (C=O) groups excluding carboxylic acids is 2. The molecule has 0 fully saturated rings. The van der Waals surface area contributed by atoms with Crippen molar-refractivity contribution >= 4 is 17.5 Å². The van der Waals surface area contributed by atoms with E-state index in [0.29, 0.717) is 24.0 Å². The number of hydrogen-bond donors (Lipinski definition) is 1. The third-order valence-corrected chi connectivity index (χ3v) is 5.47. The predicted octanol–water partition coefficient (Wildman–Crippen LogP) is 3.54. The molecular formula is C25H32N6O2. The third kappa shape index (κ3) is 6.25. The van der Waals surface area contributed by atoms with Crippen LogP contribution in [0.1, 0.15) is 38.3 Å². The molecule has 1 atom stereocenters. The average Bonchev–Trinajstić information content (AvgIpc) is 3.23. The van der Waals surface area contributed by atoms with E-state index < -0.39 is 6.04 Å². The number of benzene rings is 2. The number of anilines is 1. The Morgan fingerprint density at radius 2 is 1.73 bits per heavy atom. The number of nitrogens with zero attached hydrogens (tertiary/aromatic N) is 5. The van der Waals surface area contributed by atoms with Gasteiger partial charge < -0.3 is 5.32 Å². The van der Waals surface area contributed by atoms with E-state index in [2.05, 4.69) is 34.6 Å². The second kappa shape index (κ2) is 10.8. The van der Waals surface area contributed by atoms with Crippen LogP contribution in [0, 0.1) is 19.8 Å². The van der Waals surface area contributed by atoms with Gasteiger partial charge in [0.1, 0.15) is 12.6 Å². The van der Waals surface area contributed by atoms with Gasteiger partial charge in [0.15, 0.2) is 0 Å². The van der Waals surface area contributed by atoms with Gasteiger partial charge >= 0.3 is 0 Å². The fourth-order valence-corrected chi connectivity index (χ4v) is 3.47. The summed E-state index contributed by atoms with van der Waals surface area (Å²) in [5, 5.41) is 15.5. The molecule has 1 aromatic heterocycles. The molecule has 0 saturated carbocycles. The molecule has 8 nitrogen and oxygen atoms in total. The molecule has 174 valence electrons. The fraction of sp³-hybridized carbons (Fsp3) is 0.400. The number of tetrazole rings is 1. The van der Waals surface area contributed by atoms with Crippen molar-refractivity contribution < 1.29 is 9.59 Å². The summed E-state index contributed by atoms with van der Waals surface area (Å²) in [6.07, 6.45) is 0.876. The van der Waals surface area contributed by atoms with Crippen LogP contribution < -0.4 is 10.2 Å². The number of aryl methyl sites for hydroxylation is 2. The van der Waals surface area contributed by atoms with Crippen molar-refractivity contribution in [3.63, 3.8) is 0 Å². The molecule has 0 bridgehead atoms. The van der Waals surface area contributed by atoms with Crippen molar-refractivity contribution in [1.29, 1.82) is 0 Å². The Morgan fingerprint density at radius 1 is 1.03 bits per heavy atom. The van der Waals surface area contributed by atoms with Crippen molar-refractivity contribution in [2.45, 2.75) is 53.6 Å². The average molecular weight is 449 g/mol. The summed E-state index contributed by atoms with van der Waals surface area (Å²) in [7, 11) is 0. The van der Waals surface area contributed by atoms with Gasteiger partial charge in [-0.1, -0.05) is 61.9 Å². The zero-order valence-corrected chi connectivity index (χ0v) is 19.9. The first kappa shape index (κ1) is 24.1. The van der Waals surface area contributed by atoms with Gasteiger partial charge in [-0.05, 0) is 50.0 Å². The highest BCUT2D eigenvalue weighted by Gasteiger charge is 2.29. The van der Waals surface area contributed by atoms with Crippen LogP contribution in [0.15, 0.2) is 48.5 Å². The molecule has 0 radical (unpaired) electrons. The second-order valence-electron chi connectivity index (χ2n) is 8.71. The summed E-state index contributed by atoms with van der Waals surface area (Å²) in [5.74, 6) is 0.448. The molecule has 0 aliphatic rings. The van der Waals surface area contributed by atoms with Crippen LogP contribution in [0.2, 0.25) is 0 Å². The summed E-state index contributed by atoms with van der Waals surface area (Å²) in [4.78, 5) is 29.1. The van der Waals surface area contributed by atoms with Gasteiger partial charge in [-0.15, -0.1) is 10.2 Å². The highest BCUT2D eigenvalue weighted by Crippen LogP contribution is 2.23. The Balaban J connectivity index is 1.80. The van der Waals surface area contributed by atoms with Crippen molar-refractivity contribution in [2.24, 2.45) is 5.92 Å². The molecule has 2 amide bonds. The Kier molecular flexibility index (Phi) is 7.92. The second-order valence-corrected chi connectivity index (χ2v) is 8.71. The van der Waals surface area contributed by atoms with Crippen LogP contribution >= 0.6 is 0 Å².